The van der Waals surface area contributed by atoms with Gasteiger partial charge in [0.1, 0.15) is 0 Å². The lowest BCUT2D eigenvalue weighted by Crippen LogP contribution is -2.45. The van der Waals surface area contributed by atoms with Crippen molar-refractivity contribution in [3.05, 3.63) is 54.1 Å². The predicted octanol–water partition coefficient (Wildman–Crippen LogP) is 5.19. The number of nitrogens with one attached hydrogen (secondary N) is 2. The number of aryl methyl sites for hydroxylation is 1. The molecule has 0 saturated carbocycles. The van der Waals surface area contributed by atoms with Crippen molar-refractivity contribution in [1.82, 2.24) is 4.90 Å². The molecule has 1 unspecified atom stereocenters. The molecule has 0 spiro atoms. The normalized spacial score (nSPS) is 16.6. The molecule has 1 atom stereocenters. The fourth-order valence-electron chi connectivity index (χ4n) is 3.26. The SMILES string of the molecule is Cc1cccc(NC(=O)N2CCCC(C(=O)Nc3ccc(SC(F)F)cc3)C2)c1. The van der Waals surface area contributed by atoms with E-state index in [-0.39, 0.29) is 17.9 Å². The van der Waals surface area contributed by atoms with Gasteiger partial charge < -0.3 is 15.5 Å². The Labute approximate surface area is 172 Å². The Hall–Kier alpha value is -2.61. The monoisotopic (exact) mass is 419 g/mol. The first-order valence-electron chi connectivity index (χ1n) is 9.39. The maximum absolute atomic E-state index is 12.6. The topological polar surface area (TPSA) is 61.4 Å². The van der Waals surface area contributed by atoms with Gasteiger partial charge in [-0.2, -0.15) is 8.78 Å². The minimum atomic E-state index is -2.48. The maximum atomic E-state index is 12.6. The van der Waals surface area contributed by atoms with Crippen LogP contribution in [0, 0.1) is 12.8 Å². The summed E-state index contributed by atoms with van der Waals surface area (Å²) in [6.07, 6.45) is 1.43. The lowest BCUT2D eigenvalue weighted by atomic mass is 9.97. The Morgan fingerprint density at radius 1 is 1.10 bits per heavy atom. The van der Waals surface area contributed by atoms with Crippen LogP contribution in [0.3, 0.4) is 0 Å². The summed E-state index contributed by atoms with van der Waals surface area (Å²) in [5.74, 6) is -2.97. The number of piperidine rings is 1. The molecule has 8 heteroatoms. The van der Waals surface area contributed by atoms with E-state index >= 15 is 0 Å². The van der Waals surface area contributed by atoms with Crippen LogP contribution in [0.15, 0.2) is 53.4 Å². The number of anilines is 2. The summed E-state index contributed by atoms with van der Waals surface area (Å²) in [6, 6.07) is 13.6. The highest BCUT2D eigenvalue weighted by Gasteiger charge is 2.28. The Morgan fingerprint density at radius 3 is 2.55 bits per heavy atom. The molecule has 1 fully saturated rings. The Bertz CT molecular complexity index is 861. The molecule has 0 radical (unpaired) electrons. The van der Waals surface area contributed by atoms with Crippen LogP contribution in [0.4, 0.5) is 25.0 Å². The van der Waals surface area contributed by atoms with Crippen molar-refractivity contribution in [2.45, 2.75) is 30.4 Å². The van der Waals surface area contributed by atoms with Gasteiger partial charge in [0.25, 0.3) is 5.76 Å². The van der Waals surface area contributed by atoms with Crippen molar-refractivity contribution in [2.75, 3.05) is 23.7 Å². The molecule has 1 aliphatic heterocycles. The highest BCUT2D eigenvalue weighted by atomic mass is 32.2. The fourth-order valence-corrected chi connectivity index (χ4v) is 3.76. The first-order valence-corrected chi connectivity index (χ1v) is 10.3. The molecule has 2 aromatic carbocycles. The summed E-state index contributed by atoms with van der Waals surface area (Å²) in [6.45, 7) is 2.89. The maximum Gasteiger partial charge on any atom is 0.321 e. The number of likely N-dealkylation sites (tertiary alicyclic amines) is 1. The van der Waals surface area contributed by atoms with Crippen molar-refractivity contribution in [1.29, 1.82) is 0 Å². The number of urea groups is 1. The van der Waals surface area contributed by atoms with Crippen LogP contribution in [0.1, 0.15) is 18.4 Å². The van der Waals surface area contributed by atoms with E-state index in [0.29, 0.717) is 41.9 Å². The van der Waals surface area contributed by atoms with Gasteiger partial charge in [0.15, 0.2) is 0 Å². The second-order valence-electron chi connectivity index (χ2n) is 6.98. The predicted molar refractivity (Wildman–Crippen MR) is 111 cm³/mol. The zero-order chi connectivity index (χ0) is 20.8. The van der Waals surface area contributed by atoms with Gasteiger partial charge in [0.05, 0.1) is 5.92 Å². The van der Waals surface area contributed by atoms with Gasteiger partial charge in [0.2, 0.25) is 5.91 Å². The number of benzene rings is 2. The zero-order valence-corrected chi connectivity index (χ0v) is 16.8. The Kier molecular flexibility index (Phi) is 7.09. The smallest absolute Gasteiger partial charge is 0.321 e. The zero-order valence-electron chi connectivity index (χ0n) is 16.0. The number of alkyl halides is 2. The summed E-state index contributed by atoms with van der Waals surface area (Å²) in [4.78, 5) is 27.2. The molecular weight excluding hydrogens is 396 g/mol. The molecule has 5 nitrogen and oxygen atoms in total. The summed E-state index contributed by atoms with van der Waals surface area (Å²) in [5, 5.41) is 5.69. The van der Waals surface area contributed by atoms with Gasteiger partial charge in [0, 0.05) is 29.4 Å². The van der Waals surface area contributed by atoms with Gasteiger partial charge in [-0.15, -0.1) is 0 Å². The van der Waals surface area contributed by atoms with Gasteiger partial charge in [-0.25, -0.2) is 4.79 Å². The lowest BCUT2D eigenvalue weighted by molar-refractivity contribution is -0.121. The van der Waals surface area contributed by atoms with E-state index in [1.807, 2.05) is 31.2 Å². The molecule has 3 amide bonds. The average Bonchev–Trinajstić information content (AvgIpc) is 2.69. The van der Waals surface area contributed by atoms with Crippen LogP contribution in [-0.4, -0.2) is 35.7 Å². The van der Waals surface area contributed by atoms with Crippen molar-refractivity contribution in [3.8, 4) is 0 Å². The average molecular weight is 419 g/mol. The quantitative estimate of drug-likeness (QED) is 0.656. The molecule has 1 saturated heterocycles. The molecule has 29 heavy (non-hydrogen) atoms. The van der Waals surface area contributed by atoms with Crippen LogP contribution in [0.25, 0.3) is 0 Å². The summed E-state index contributed by atoms with van der Waals surface area (Å²) in [5.41, 5.74) is 2.33. The van der Waals surface area contributed by atoms with Crippen LogP contribution in [-0.2, 0) is 4.79 Å². The van der Waals surface area contributed by atoms with Crippen LogP contribution in [0.2, 0.25) is 0 Å². The third-order valence-corrected chi connectivity index (χ3v) is 5.42. The molecule has 0 bridgehead atoms. The number of hydrogen-bond donors (Lipinski definition) is 2. The fraction of sp³-hybridized carbons (Fsp3) is 0.333. The number of amides is 3. The van der Waals surface area contributed by atoms with Gasteiger partial charge in [-0.05, 0) is 61.7 Å². The first kappa shape index (κ1) is 21.1. The van der Waals surface area contributed by atoms with Crippen LogP contribution in [0.5, 0.6) is 0 Å². The molecule has 0 aromatic heterocycles. The molecule has 1 heterocycles. The summed E-state index contributed by atoms with van der Waals surface area (Å²) < 4.78 is 24.8. The highest BCUT2D eigenvalue weighted by Crippen LogP contribution is 2.27. The lowest BCUT2D eigenvalue weighted by Gasteiger charge is -2.32. The Balaban J connectivity index is 1.55. The van der Waals surface area contributed by atoms with E-state index in [1.54, 1.807) is 29.2 Å². The minimum absolute atomic E-state index is 0.174. The van der Waals surface area contributed by atoms with Crippen molar-refractivity contribution < 1.29 is 18.4 Å². The second-order valence-corrected chi connectivity index (χ2v) is 8.04. The van der Waals surface area contributed by atoms with Gasteiger partial charge >= 0.3 is 6.03 Å². The molecule has 3 rings (SSSR count). The summed E-state index contributed by atoms with van der Waals surface area (Å²) >= 11 is 0.462. The number of nitrogens with zero attached hydrogens (tertiary/aromatic N) is 1. The van der Waals surface area contributed by atoms with Crippen molar-refractivity contribution in [2.24, 2.45) is 5.92 Å². The van der Waals surface area contributed by atoms with Crippen LogP contribution >= 0.6 is 11.8 Å². The third-order valence-electron chi connectivity index (χ3n) is 4.70. The van der Waals surface area contributed by atoms with Crippen molar-refractivity contribution >= 4 is 35.1 Å². The molecule has 2 N–H and O–H groups in total. The number of thioether (sulfide) groups is 1. The number of halogens is 2. The number of hydrogen-bond acceptors (Lipinski definition) is 3. The number of carbonyl (C=O) groups excluding carboxylic acids is 2. The Morgan fingerprint density at radius 2 is 1.86 bits per heavy atom. The van der Waals surface area contributed by atoms with E-state index in [4.69, 9.17) is 0 Å². The first-order chi connectivity index (χ1) is 13.9. The van der Waals surface area contributed by atoms with Crippen molar-refractivity contribution in [3.63, 3.8) is 0 Å². The third kappa shape index (κ3) is 6.19. The highest BCUT2D eigenvalue weighted by molar-refractivity contribution is 7.99. The standard InChI is InChI=1S/C21H23F2N3O2S/c1-14-4-2-6-17(12-14)25-21(28)26-11-3-5-15(13-26)19(27)24-16-7-9-18(10-8-16)29-20(22)23/h2,4,6-10,12,15,20H,3,5,11,13H2,1H3,(H,24,27)(H,25,28). The largest absolute Gasteiger partial charge is 0.326 e. The van der Waals surface area contributed by atoms with E-state index < -0.39 is 5.76 Å². The molecule has 154 valence electrons. The van der Waals surface area contributed by atoms with E-state index in [0.717, 1.165) is 17.7 Å². The van der Waals surface area contributed by atoms with E-state index in [1.165, 1.54) is 0 Å². The summed E-state index contributed by atoms with van der Waals surface area (Å²) in [7, 11) is 0. The van der Waals surface area contributed by atoms with Crippen LogP contribution < -0.4 is 10.6 Å². The minimum Gasteiger partial charge on any atom is -0.326 e. The number of rotatable bonds is 5. The van der Waals surface area contributed by atoms with Gasteiger partial charge in [-0.1, -0.05) is 23.9 Å². The van der Waals surface area contributed by atoms with Gasteiger partial charge in [-0.3, -0.25) is 4.79 Å². The van der Waals surface area contributed by atoms with E-state index in [9.17, 15) is 18.4 Å². The second kappa shape index (κ2) is 9.73. The molecule has 1 aliphatic rings. The molecule has 0 aliphatic carbocycles. The number of carbonyl (C=O) groups is 2. The molecule has 2 aromatic rings. The molecular formula is C21H23F2N3O2S. The van der Waals surface area contributed by atoms with E-state index in [2.05, 4.69) is 10.6 Å².